The van der Waals surface area contributed by atoms with Crippen molar-refractivity contribution in [3.63, 3.8) is 0 Å². The number of rotatable bonds is 4. The first-order chi connectivity index (χ1) is 8.72. The maximum Gasteiger partial charge on any atom is 0.0212 e. The third-order valence-electron chi connectivity index (χ3n) is 3.42. The Morgan fingerprint density at radius 3 is 2.06 bits per heavy atom. The van der Waals surface area contributed by atoms with Gasteiger partial charge in [0.05, 0.1) is 0 Å². The van der Waals surface area contributed by atoms with E-state index in [1.165, 1.54) is 16.7 Å². The highest BCUT2D eigenvalue weighted by Gasteiger charge is 2.12. The van der Waals surface area contributed by atoms with Gasteiger partial charge in [-0.25, -0.2) is 0 Å². The molecule has 0 radical (unpaired) electrons. The molecule has 0 saturated carbocycles. The topological polar surface area (TPSA) is 26.0 Å². The minimum atomic E-state index is 0.296. The number of hydrogen-bond donors (Lipinski definition) is 1. The third kappa shape index (κ3) is 2.80. The van der Waals surface area contributed by atoms with Crippen LogP contribution in [0.5, 0.6) is 0 Å². The molecule has 0 spiro atoms. The van der Waals surface area contributed by atoms with Gasteiger partial charge in [0.1, 0.15) is 0 Å². The van der Waals surface area contributed by atoms with E-state index in [4.69, 9.17) is 5.73 Å². The normalized spacial score (nSPS) is 12.7. The minimum absolute atomic E-state index is 0.296. The summed E-state index contributed by atoms with van der Waals surface area (Å²) in [6, 6.07) is 19.3. The summed E-state index contributed by atoms with van der Waals surface area (Å²) in [5, 5.41) is 0. The zero-order valence-electron chi connectivity index (χ0n) is 11.1. The highest BCUT2D eigenvalue weighted by Crippen LogP contribution is 2.26. The zero-order valence-corrected chi connectivity index (χ0v) is 11.1. The molecule has 0 aliphatic carbocycles. The van der Waals surface area contributed by atoms with Crippen LogP contribution in [0.15, 0.2) is 54.6 Å². The molecule has 94 valence electrons. The fraction of sp³-hybridized carbons (Fsp3) is 0.294. The Kier molecular flexibility index (Phi) is 4.16. The Hall–Kier alpha value is -1.60. The van der Waals surface area contributed by atoms with E-state index in [1.807, 2.05) is 6.07 Å². The van der Waals surface area contributed by atoms with Gasteiger partial charge in [0.25, 0.3) is 0 Å². The molecule has 0 fully saturated rings. The van der Waals surface area contributed by atoms with Crippen LogP contribution in [-0.2, 0) is 0 Å². The Morgan fingerprint density at radius 1 is 0.833 bits per heavy atom. The predicted octanol–water partition coefficient (Wildman–Crippen LogP) is 3.90. The van der Waals surface area contributed by atoms with Crippen molar-refractivity contribution in [2.45, 2.75) is 25.7 Å². The van der Waals surface area contributed by atoms with Gasteiger partial charge in [-0.1, -0.05) is 68.4 Å². The van der Waals surface area contributed by atoms with Crippen molar-refractivity contribution in [2.75, 3.05) is 6.54 Å². The summed E-state index contributed by atoms with van der Waals surface area (Å²) < 4.78 is 0. The lowest BCUT2D eigenvalue weighted by molar-refractivity contribution is 0.806. The van der Waals surface area contributed by atoms with Crippen LogP contribution in [0.2, 0.25) is 0 Å². The molecule has 2 aromatic carbocycles. The van der Waals surface area contributed by atoms with E-state index in [9.17, 15) is 0 Å². The first-order valence-electron chi connectivity index (χ1n) is 6.57. The quantitative estimate of drug-likeness (QED) is 0.860. The van der Waals surface area contributed by atoms with Gasteiger partial charge in [0, 0.05) is 12.5 Å². The van der Waals surface area contributed by atoms with E-state index < -0.39 is 0 Å². The molecule has 0 saturated heterocycles. The van der Waals surface area contributed by atoms with Gasteiger partial charge >= 0.3 is 0 Å². The van der Waals surface area contributed by atoms with Crippen LogP contribution in [0.3, 0.4) is 0 Å². The van der Waals surface area contributed by atoms with Crippen LogP contribution >= 0.6 is 0 Å². The van der Waals surface area contributed by atoms with E-state index in [0.29, 0.717) is 18.4 Å². The second-order valence-electron chi connectivity index (χ2n) is 5.02. The Bertz CT molecular complexity index is 488. The fourth-order valence-electron chi connectivity index (χ4n) is 2.28. The summed E-state index contributed by atoms with van der Waals surface area (Å²) in [5.41, 5.74) is 9.95. The van der Waals surface area contributed by atoms with Crippen molar-refractivity contribution >= 4 is 0 Å². The molecule has 0 amide bonds. The molecular formula is C17H21N. The predicted molar refractivity (Wildman–Crippen MR) is 77.9 cm³/mol. The summed E-state index contributed by atoms with van der Waals surface area (Å²) in [6.45, 7) is 5.09. The molecule has 0 aromatic heterocycles. The fourth-order valence-corrected chi connectivity index (χ4v) is 2.28. The summed E-state index contributed by atoms with van der Waals surface area (Å²) in [5.74, 6) is 0.851. The van der Waals surface area contributed by atoms with Crippen molar-refractivity contribution in [1.82, 2.24) is 0 Å². The number of benzene rings is 2. The van der Waals surface area contributed by atoms with Crippen molar-refractivity contribution in [2.24, 2.45) is 5.73 Å². The first kappa shape index (κ1) is 12.8. The van der Waals surface area contributed by atoms with Gasteiger partial charge in [-0.3, -0.25) is 0 Å². The molecule has 1 unspecified atom stereocenters. The minimum Gasteiger partial charge on any atom is -0.330 e. The van der Waals surface area contributed by atoms with E-state index >= 15 is 0 Å². The molecule has 2 rings (SSSR count). The summed E-state index contributed by atoms with van der Waals surface area (Å²) in [4.78, 5) is 0. The molecule has 1 atom stereocenters. The third-order valence-corrected chi connectivity index (χ3v) is 3.42. The van der Waals surface area contributed by atoms with Crippen LogP contribution in [0, 0.1) is 0 Å². The lowest BCUT2D eigenvalue weighted by Crippen LogP contribution is -2.14. The van der Waals surface area contributed by atoms with Gasteiger partial charge in [-0.05, 0) is 22.6 Å². The second-order valence-corrected chi connectivity index (χ2v) is 5.02. The van der Waals surface area contributed by atoms with Crippen LogP contribution in [0.1, 0.15) is 42.4 Å². The Labute approximate surface area is 110 Å². The maximum absolute atomic E-state index is 5.96. The van der Waals surface area contributed by atoms with Crippen LogP contribution in [-0.4, -0.2) is 6.54 Å². The molecule has 2 N–H and O–H groups in total. The molecule has 18 heavy (non-hydrogen) atoms. The van der Waals surface area contributed by atoms with Crippen molar-refractivity contribution < 1.29 is 0 Å². The SMILES string of the molecule is CC(C)c1cccc(C(CN)c2ccccc2)c1. The highest BCUT2D eigenvalue weighted by atomic mass is 14.5. The standard InChI is InChI=1S/C17H21N/c1-13(2)15-9-6-10-16(11-15)17(12-18)14-7-4-3-5-8-14/h3-11,13,17H,12,18H2,1-2H3. The van der Waals surface area contributed by atoms with Crippen molar-refractivity contribution in [1.29, 1.82) is 0 Å². The molecule has 0 aliphatic heterocycles. The van der Waals surface area contributed by atoms with Crippen molar-refractivity contribution in [3.8, 4) is 0 Å². The van der Waals surface area contributed by atoms with Crippen LogP contribution < -0.4 is 5.73 Å². The summed E-state index contributed by atoms with van der Waals surface area (Å²) in [7, 11) is 0. The van der Waals surface area contributed by atoms with E-state index in [-0.39, 0.29) is 0 Å². The smallest absolute Gasteiger partial charge is 0.0212 e. The summed E-state index contributed by atoms with van der Waals surface area (Å²) >= 11 is 0. The van der Waals surface area contributed by atoms with Gasteiger partial charge in [0.15, 0.2) is 0 Å². The van der Waals surface area contributed by atoms with Gasteiger partial charge < -0.3 is 5.73 Å². The molecule has 0 heterocycles. The first-order valence-corrected chi connectivity index (χ1v) is 6.57. The molecular weight excluding hydrogens is 218 g/mol. The zero-order chi connectivity index (χ0) is 13.0. The lowest BCUT2D eigenvalue weighted by Gasteiger charge is -2.17. The average molecular weight is 239 g/mol. The number of hydrogen-bond acceptors (Lipinski definition) is 1. The van der Waals surface area contributed by atoms with Crippen LogP contribution in [0.25, 0.3) is 0 Å². The monoisotopic (exact) mass is 239 g/mol. The van der Waals surface area contributed by atoms with Crippen molar-refractivity contribution in [3.05, 3.63) is 71.3 Å². The molecule has 1 heteroatoms. The average Bonchev–Trinajstić information content (AvgIpc) is 2.41. The maximum atomic E-state index is 5.96. The highest BCUT2D eigenvalue weighted by molar-refractivity contribution is 5.36. The Morgan fingerprint density at radius 2 is 1.44 bits per heavy atom. The van der Waals surface area contributed by atoms with Crippen LogP contribution in [0.4, 0.5) is 0 Å². The molecule has 1 nitrogen and oxygen atoms in total. The lowest BCUT2D eigenvalue weighted by atomic mass is 9.89. The number of nitrogens with two attached hydrogens (primary N) is 1. The Balaban J connectivity index is 2.36. The summed E-state index contributed by atoms with van der Waals surface area (Å²) in [6.07, 6.45) is 0. The largest absolute Gasteiger partial charge is 0.330 e. The van der Waals surface area contributed by atoms with Gasteiger partial charge in [-0.2, -0.15) is 0 Å². The molecule has 0 bridgehead atoms. The van der Waals surface area contributed by atoms with E-state index in [2.05, 4.69) is 62.4 Å². The molecule has 2 aromatic rings. The van der Waals surface area contributed by atoms with E-state index in [1.54, 1.807) is 0 Å². The van der Waals surface area contributed by atoms with Gasteiger partial charge in [-0.15, -0.1) is 0 Å². The molecule has 0 aliphatic rings. The van der Waals surface area contributed by atoms with E-state index in [0.717, 1.165) is 0 Å². The van der Waals surface area contributed by atoms with Gasteiger partial charge in [0.2, 0.25) is 0 Å². The second kappa shape index (κ2) is 5.83.